The van der Waals surface area contributed by atoms with E-state index in [1.165, 1.54) is 4.90 Å². The van der Waals surface area contributed by atoms with Crippen LogP contribution in [0.4, 0.5) is 10.6 Å². The molecule has 2 heterocycles. The van der Waals surface area contributed by atoms with Gasteiger partial charge in [0.1, 0.15) is 13.0 Å². The minimum Gasteiger partial charge on any atom is -0.465 e. The SMILES string of the molecule is C[C@@H]1CN(c2ccc(P(C)(C)=O)cn2)C[C@H](C)N1C(=O)O. The van der Waals surface area contributed by atoms with Gasteiger partial charge in [-0.3, -0.25) is 4.90 Å². The Balaban J connectivity index is 2.17. The van der Waals surface area contributed by atoms with Crippen LogP contribution >= 0.6 is 7.14 Å². The lowest BCUT2D eigenvalue weighted by Crippen LogP contribution is -2.58. The number of aromatic nitrogens is 1. The molecule has 0 saturated carbocycles. The molecule has 2 atom stereocenters. The van der Waals surface area contributed by atoms with Gasteiger partial charge in [0.15, 0.2) is 0 Å². The third kappa shape index (κ3) is 3.38. The van der Waals surface area contributed by atoms with Crippen molar-refractivity contribution in [2.45, 2.75) is 25.9 Å². The number of pyridine rings is 1. The Morgan fingerprint density at radius 1 is 1.29 bits per heavy atom. The van der Waals surface area contributed by atoms with E-state index in [0.717, 1.165) is 11.1 Å². The highest BCUT2D eigenvalue weighted by atomic mass is 31.2. The maximum atomic E-state index is 12.0. The van der Waals surface area contributed by atoms with E-state index in [9.17, 15) is 14.5 Å². The molecule has 1 aromatic heterocycles. The van der Waals surface area contributed by atoms with E-state index in [1.54, 1.807) is 19.5 Å². The van der Waals surface area contributed by atoms with Crippen LogP contribution in [0.25, 0.3) is 0 Å². The lowest BCUT2D eigenvalue weighted by molar-refractivity contribution is 0.0981. The molecule has 1 saturated heterocycles. The summed E-state index contributed by atoms with van der Waals surface area (Å²) in [4.78, 5) is 19.2. The fourth-order valence-corrected chi connectivity index (χ4v) is 3.54. The van der Waals surface area contributed by atoms with Gasteiger partial charge in [-0.2, -0.15) is 0 Å². The van der Waals surface area contributed by atoms with Crippen molar-refractivity contribution in [3.8, 4) is 0 Å². The van der Waals surface area contributed by atoms with Crippen molar-refractivity contribution in [3.05, 3.63) is 18.3 Å². The first-order valence-corrected chi connectivity index (χ1v) is 9.58. The van der Waals surface area contributed by atoms with Gasteiger partial charge >= 0.3 is 6.09 Å². The molecule has 1 fully saturated rings. The number of nitrogens with zero attached hydrogens (tertiary/aromatic N) is 3. The van der Waals surface area contributed by atoms with Gasteiger partial charge in [-0.15, -0.1) is 0 Å². The summed E-state index contributed by atoms with van der Waals surface area (Å²) in [6.45, 7) is 8.46. The highest BCUT2D eigenvalue weighted by Crippen LogP contribution is 2.34. The van der Waals surface area contributed by atoms with Gasteiger partial charge in [0.2, 0.25) is 0 Å². The zero-order valence-electron chi connectivity index (χ0n) is 12.9. The quantitative estimate of drug-likeness (QED) is 0.845. The summed E-state index contributed by atoms with van der Waals surface area (Å²) < 4.78 is 12.0. The van der Waals surface area contributed by atoms with Gasteiger partial charge in [-0.05, 0) is 39.3 Å². The zero-order chi connectivity index (χ0) is 15.8. The number of carbonyl (C=O) groups is 1. The van der Waals surface area contributed by atoms with E-state index in [4.69, 9.17) is 0 Å². The van der Waals surface area contributed by atoms with Gasteiger partial charge in [0.05, 0.1) is 12.1 Å². The Labute approximate surface area is 125 Å². The molecular formula is C14H22N3O3P. The average molecular weight is 311 g/mol. The Morgan fingerprint density at radius 2 is 1.86 bits per heavy atom. The van der Waals surface area contributed by atoms with Crippen molar-refractivity contribution in [1.29, 1.82) is 0 Å². The largest absolute Gasteiger partial charge is 0.465 e. The summed E-state index contributed by atoms with van der Waals surface area (Å²) in [5.74, 6) is 0.802. The molecule has 7 heteroatoms. The van der Waals surface area contributed by atoms with Gasteiger partial charge in [-0.1, -0.05) is 0 Å². The third-order valence-electron chi connectivity index (χ3n) is 3.82. The van der Waals surface area contributed by atoms with Crippen LogP contribution in [-0.2, 0) is 4.57 Å². The summed E-state index contributed by atoms with van der Waals surface area (Å²) >= 11 is 0. The number of anilines is 1. The molecule has 1 aliphatic heterocycles. The molecule has 1 N–H and O–H groups in total. The van der Waals surface area contributed by atoms with Crippen molar-refractivity contribution in [1.82, 2.24) is 9.88 Å². The number of hydrogen-bond acceptors (Lipinski definition) is 4. The molecule has 0 aromatic carbocycles. The first-order chi connectivity index (χ1) is 9.70. The molecular weight excluding hydrogens is 289 g/mol. The molecule has 0 radical (unpaired) electrons. The lowest BCUT2D eigenvalue weighted by Gasteiger charge is -2.43. The summed E-state index contributed by atoms with van der Waals surface area (Å²) in [6.07, 6.45) is 0.783. The Kier molecular flexibility index (Phi) is 4.28. The highest BCUT2D eigenvalue weighted by molar-refractivity contribution is 7.70. The van der Waals surface area contributed by atoms with Crippen molar-refractivity contribution in [3.63, 3.8) is 0 Å². The molecule has 21 heavy (non-hydrogen) atoms. The van der Waals surface area contributed by atoms with Crippen molar-refractivity contribution in [2.75, 3.05) is 31.3 Å². The predicted molar refractivity (Wildman–Crippen MR) is 84.3 cm³/mol. The second kappa shape index (κ2) is 5.68. The fourth-order valence-electron chi connectivity index (χ4n) is 2.77. The van der Waals surface area contributed by atoms with E-state index < -0.39 is 13.2 Å². The van der Waals surface area contributed by atoms with Crippen LogP contribution in [0.1, 0.15) is 13.8 Å². The third-order valence-corrected chi connectivity index (χ3v) is 5.33. The van der Waals surface area contributed by atoms with E-state index in [0.29, 0.717) is 13.1 Å². The van der Waals surface area contributed by atoms with Crippen LogP contribution in [0.15, 0.2) is 18.3 Å². The van der Waals surface area contributed by atoms with Gasteiger partial charge < -0.3 is 14.6 Å². The molecule has 0 bridgehead atoms. The Bertz CT molecular complexity index is 557. The molecule has 116 valence electrons. The monoisotopic (exact) mass is 311 g/mol. The van der Waals surface area contributed by atoms with Gasteiger partial charge in [-0.25, -0.2) is 9.78 Å². The summed E-state index contributed by atoms with van der Waals surface area (Å²) in [5.41, 5.74) is 0. The summed E-state index contributed by atoms with van der Waals surface area (Å²) in [5, 5.41) is 9.98. The molecule has 6 nitrogen and oxygen atoms in total. The standard InChI is InChI=1S/C14H22N3O3P/c1-10-8-16(9-11(2)17(10)14(18)19)13-6-5-12(7-15-13)21(3,4)20/h5-7,10-11H,8-9H2,1-4H3,(H,18,19)/t10-,11+. The smallest absolute Gasteiger partial charge is 0.407 e. The van der Waals surface area contributed by atoms with E-state index in [-0.39, 0.29) is 12.1 Å². The van der Waals surface area contributed by atoms with Crippen LogP contribution in [0.5, 0.6) is 0 Å². The van der Waals surface area contributed by atoms with Crippen LogP contribution in [0.2, 0.25) is 0 Å². The maximum Gasteiger partial charge on any atom is 0.407 e. The van der Waals surface area contributed by atoms with Crippen LogP contribution in [-0.4, -0.2) is 59.6 Å². The normalized spacial score (nSPS) is 23.2. The minimum atomic E-state index is -2.29. The molecule has 1 aromatic rings. The average Bonchev–Trinajstić information content (AvgIpc) is 2.36. The molecule has 0 spiro atoms. The maximum absolute atomic E-state index is 12.0. The Morgan fingerprint density at radius 3 is 2.24 bits per heavy atom. The zero-order valence-corrected chi connectivity index (χ0v) is 13.7. The lowest BCUT2D eigenvalue weighted by atomic mass is 10.1. The number of hydrogen-bond donors (Lipinski definition) is 1. The second-order valence-corrected chi connectivity index (χ2v) is 9.24. The highest BCUT2D eigenvalue weighted by Gasteiger charge is 2.33. The molecule has 0 unspecified atom stereocenters. The second-order valence-electron chi connectivity index (χ2n) is 6.02. The topological polar surface area (TPSA) is 73.7 Å². The van der Waals surface area contributed by atoms with Crippen LogP contribution < -0.4 is 10.2 Å². The van der Waals surface area contributed by atoms with Crippen molar-refractivity contribution < 1.29 is 14.5 Å². The fraction of sp³-hybridized carbons (Fsp3) is 0.571. The van der Waals surface area contributed by atoms with Gasteiger partial charge in [0, 0.05) is 24.6 Å². The van der Waals surface area contributed by atoms with E-state index >= 15 is 0 Å². The molecule has 2 rings (SSSR count). The first-order valence-electron chi connectivity index (χ1n) is 6.98. The van der Waals surface area contributed by atoms with E-state index in [2.05, 4.69) is 9.88 Å². The summed E-state index contributed by atoms with van der Waals surface area (Å²) in [7, 11) is -2.29. The molecule has 0 aliphatic carbocycles. The number of carboxylic acid groups (broad SMARTS) is 1. The van der Waals surface area contributed by atoms with Crippen molar-refractivity contribution in [2.24, 2.45) is 0 Å². The number of piperazine rings is 1. The molecule has 1 amide bonds. The molecule has 1 aliphatic rings. The minimum absolute atomic E-state index is 0.0869. The summed E-state index contributed by atoms with van der Waals surface area (Å²) in [6, 6.07) is 3.54. The van der Waals surface area contributed by atoms with Crippen LogP contribution in [0, 0.1) is 0 Å². The first kappa shape index (κ1) is 15.8. The van der Waals surface area contributed by atoms with Crippen LogP contribution in [0.3, 0.4) is 0 Å². The van der Waals surface area contributed by atoms with Gasteiger partial charge in [0.25, 0.3) is 0 Å². The van der Waals surface area contributed by atoms with E-state index in [1.807, 2.05) is 26.0 Å². The number of rotatable bonds is 2. The van der Waals surface area contributed by atoms with Crippen molar-refractivity contribution >= 4 is 24.4 Å². The Hall–Kier alpha value is -1.55. The predicted octanol–water partition coefficient (Wildman–Crippen LogP) is 1.91. The number of amides is 1.